The molecule has 0 unspecified atom stereocenters. The van der Waals surface area contributed by atoms with E-state index in [0.29, 0.717) is 5.39 Å². The molecule has 72 valence electrons. The van der Waals surface area contributed by atoms with Gasteiger partial charge in [0, 0.05) is 16.8 Å². The molecule has 0 aliphatic carbocycles. The van der Waals surface area contributed by atoms with Gasteiger partial charge in [-0.15, -0.1) is 0 Å². The van der Waals surface area contributed by atoms with Crippen LogP contribution in [0.25, 0.3) is 10.9 Å². The van der Waals surface area contributed by atoms with Gasteiger partial charge in [0.25, 0.3) is 0 Å². The van der Waals surface area contributed by atoms with Crippen LogP contribution in [0, 0.1) is 0 Å². The van der Waals surface area contributed by atoms with Crippen molar-refractivity contribution in [2.24, 2.45) is 0 Å². The molecule has 3 nitrogen and oxygen atoms in total. The van der Waals surface area contributed by atoms with Gasteiger partial charge < -0.3 is 5.11 Å². The van der Waals surface area contributed by atoms with Gasteiger partial charge in [0.2, 0.25) is 5.91 Å². The van der Waals surface area contributed by atoms with Gasteiger partial charge in [-0.25, -0.2) is 0 Å². The zero-order valence-corrected chi connectivity index (χ0v) is 9.08. The van der Waals surface area contributed by atoms with Gasteiger partial charge in [-0.2, -0.15) is 0 Å². The molecule has 0 radical (unpaired) electrons. The van der Waals surface area contributed by atoms with Crippen LogP contribution in [0.3, 0.4) is 0 Å². The van der Waals surface area contributed by atoms with E-state index in [9.17, 15) is 9.90 Å². The van der Waals surface area contributed by atoms with Crippen LogP contribution in [0.15, 0.2) is 28.9 Å². The molecule has 0 spiro atoms. The van der Waals surface area contributed by atoms with Gasteiger partial charge in [0.1, 0.15) is 5.75 Å². The molecule has 14 heavy (non-hydrogen) atoms. The Morgan fingerprint density at radius 2 is 2.21 bits per heavy atom. The molecule has 2 aromatic rings. The Labute approximate surface area is 89.1 Å². The standard InChI is InChI=1S/C10H8BrNO2/c1-6(13)12-5-10(14)8-4-7(11)2-3-9(8)12/h2-5,14H,1H3. The van der Waals surface area contributed by atoms with Crippen molar-refractivity contribution in [2.45, 2.75) is 6.92 Å². The molecule has 1 aromatic heterocycles. The van der Waals surface area contributed by atoms with Gasteiger partial charge in [-0.1, -0.05) is 15.9 Å². The number of nitrogens with zero attached hydrogens (tertiary/aromatic N) is 1. The minimum Gasteiger partial charge on any atom is -0.506 e. The summed E-state index contributed by atoms with van der Waals surface area (Å²) in [4.78, 5) is 11.2. The fourth-order valence-corrected chi connectivity index (χ4v) is 1.81. The Balaban J connectivity index is 2.84. The van der Waals surface area contributed by atoms with Gasteiger partial charge >= 0.3 is 0 Å². The highest BCUT2D eigenvalue weighted by molar-refractivity contribution is 9.10. The summed E-state index contributed by atoms with van der Waals surface area (Å²) in [5.41, 5.74) is 0.721. The zero-order chi connectivity index (χ0) is 10.3. The SMILES string of the molecule is CC(=O)n1cc(O)c2cc(Br)ccc21. The topological polar surface area (TPSA) is 42.2 Å². The first-order chi connectivity index (χ1) is 6.59. The fraction of sp³-hybridized carbons (Fsp3) is 0.100. The number of benzene rings is 1. The van der Waals surface area contributed by atoms with Crippen molar-refractivity contribution >= 4 is 32.7 Å². The molecular formula is C10H8BrNO2. The number of carbonyl (C=O) groups excluding carboxylic acids is 1. The second-order valence-electron chi connectivity index (χ2n) is 3.06. The lowest BCUT2D eigenvalue weighted by atomic mass is 10.2. The molecule has 0 bridgehead atoms. The van der Waals surface area contributed by atoms with Crippen molar-refractivity contribution in [3.05, 3.63) is 28.9 Å². The van der Waals surface area contributed by atoms with Crippen LogP contribution >= 0.6 is 15.9 Å². The van der Waals surface area contributed by atoms with Crippen LogP contribution < -0.4 is 0 Å². The Hall–Kier alpha value is -1.29. The van der Waals surface area contributed by atoms with Crippen LogP contribution in [-0.2, 0) is 0 Å². The van der Waals surface area contributed by atoms with E-state index in [2.05, 4.69) is 15.9 Å². The number of carbonyl (C=O) groups is 1. The third kappa shape index (κ3) is 1.32. The number of aromatic hydroxyl groups is 1. The molecular weight excluding hydrogens is 246 g/mol. The highest BCUT2D eigenvalue weighted by atomic mass is 79.9. The second kappa shape index (κ2) is 3.13. The smallest absolute Gasteiger partial charge is 0.228 e. The maximum Gasteiger partial charge on any atom is 0.228 e. The van der Waals surface area contributed by atoms with Crippen LogP contribution in [-0.4, -0.2) is 15.6 Å². The summed E-state index contributed by atoms with van der Waals surface area (Å²) in [6.45, 7) is 1.46. The lowest BCUT2D eigenvalue weighted by molar-refractivity contribution is 0.0941. The van der Waals surface area contributed by atoms with Gasteiger partial charge in [0.15, 0.2) is 0 Å². The Bertz CT molecular complexity index is 516. The first-order valence-corrected chi connectivity index (χ1v) is 4.89. The van der Waals surface area contributed by atoms with E-state index in [1.54, 1.807) is 12.1 Å². The van der Waals surface area contributed by atoms with E-state index in [1.807, 2.05) is 6.07 Å². The molecule has 0 fully saturated rings. The maximum atomic E-state index is 11.2. The maximum absolute atomic E-state index is 11.2. The van der Waals surface area contributed by atoms with E-state index < -0.39 is 0 Å². The van der Waals surface area contributed by atoms with Gasteiger partial charge in [-0.05, 0) is 18.2 Å². The average molecular weight is 254 g/mol. The first kappa shape index (κ1) is 9.27. The van der Waals surface area contributed by atoms with Gasteiger partial charge in [0.05, 0.1) is 11.7 Å². The van der Waals surface area contributed by atoms with E-state index in [1.165, 1.54) is 17.7 Å². The number of hydrogen-bond donors (Lipinski definition) is 1. The Morgan fingerprint density at radius 1 is 1.50 bits per heavy atom. The molecule has 1 aromatic carbocycles. The van der Waals surface area contributed by atoms with Crippen molar-refractivity contribution in [1.82, 2.24) is 4.57 Å². The van der Waals surface area contributed by atoms with E-state index in [0.717, 1.165) is 9.99 Å². The third-order valence-electron chi connectivity index (χ3n) is 2.08. The molecule has 0 amide bonds. The largest absolute Gasteiger partial charge is 0.506 e. The molecule has 1 heterocycles. The highest BCUT2D eigenvalue weighted by Gasteiger charge is 2.09. The molecule has 0 atom stereocenters. The summed E-state index contributed by atoms with van der Waals surface area (Å²) < 4.78 is 2.30. The normalized spacial score (nSPS) is 10.7. The van der Waals surface area contributed by atoms with E-state index in [4.69, 9.17) is 0 Å². The Morgan fingerprint density at radius 3 is 2.86 bits per heavy atom. The number of aromatic nitrogens is 1. The monoisotopic (exact) mass is 253 g/mol. The molecule has 0 aliphatic rings. The minimum absolute atomic E-state index is 0.113. The van der Waals surface area contributed by atoms with Crippen molar-refractivity contribution in [3.63, 3.8) is 0 Å². The summed E-state index contributed by atoms with van der Waals surface area (Å²) in [5, 5.41) is 10.2. The Kier molecular flexibility index (Phi) is 2.07. The number of rotatable bonds is 0. The number of fused-ring (bicyclic) bond motifs is 1. The highest BCUT2D eigenvalue weighted by Crippen LogP contribution is 2.29. The first-order valence-electron chi connectivity index (χ1n) is 4.10. The summed E-state index contributed by atoms with van der Waals surface area (Å²) >= 11 is 3.31. The minimum atomic E-state index is -0.113. The summed E-state index contributed by atoms with van der Waals surface area (Å²) in [6.07, 6.45) is 1.43. The number of hydrogen-bond acceptors (Lipinski definition) is 2. The lowest BCUT2D eigenvalue weighted by Crippen LogP contribution is -2.02. The van der Waals surface area contributed by atoms with Crippen LogP contribution in [0.5, 0.6) is 5.75 Å². The van der Waals surface area contributed by atoms with Gasteiger partial charge in [-0.3, -0.25) is 9.36 Å². The molecule has 1 N–H and O–H groups in total. The average Bonchev–Trinajstić information content (AvgIpc) is 2.44. The predicted molar refractivity (Wildman–Crippen MR) is 57.6 cm³/mol. The number of halogens is 1. The zero-order valence-electron chi connectivity index (χ0n) is 7.49. The third-order valence-corrected chi connectivity index (χ3v) is 2.58. The summed E-state index contributed by atoms with van der Waals surface area (Å²) in [6, 6.07) is 5.41. The van der Waals surface area contributed by atoms with E-state index >= 15 is 0 Å². The van der Waals surface area contributed by atoms with Crippen LogP contribution in [0.4, 0.5) is 0 Å². The lowest BCUT2D eigenvalue weighted by Gasteiger charge is -1.97. The van der Waals surface area contributed by atoms with E-state index in [-0.39, 0.29) is 11.7 Å². The van der Waals surface area contributed by atoms with Crippen molar-refractivity contribution < 1.29 is 9.90 Å². The predicted octanol–water partition coefficient (Wildman–Crippen LogP) is 2.77. The molecule has 2 rings (SSSR count). The van der Waals surface area contributed by atoms with Crippen molar-refractivity contribution in [3.8, 4) is 5.75 Å². The molecule has 4 heteroatoms. The summed E-state index contributed by atoms with van der Waals surface area (Å²) in [7, 11) is 0. The van der Waals surface area contributed by atoms with Crippen molar-refractivity contribution in [1.29, 1.82) is 0 Å². The van der Waals surface area contributed by atoms with Crippen molar-refractivity contribution in [2.75, 3.05) is 0 Å². The molecule has 0 saturated heterocycles. The van der Waals surface area contributed by atoms with Crippen LogP contribution in [0.1, 0.15) is 11.7 Å². The molecule has 0 aliphatic heterocycles. The summed E-state index contributed by atoms with van der Waals surface area (Å²) in [5.74, 6) is 0.00845. The second-order valence-corrected chi connectivity index (χ2v) is 3.98. The quantitative estimate of drug-likeness (QED) is 0.785. The fourth-order valence-electron chi connectivity index (χ4n) is 1.45. The van der Waals surface area contributed by atoms with Crippen LogP contribution in [0.2, 0.25) is 0 Å². The molecule has 0 saturated carbocycles.